The fraction of sp³-hybridized carbons (Fsp3) is 0.281. The van der Waals surface area contributed by atoms with Gasteiger partial charge in [0.15, 0.2) is 0 Å². The molecule has 4 aromatic rings. The Labute approximate surface area is 241 Å². The van der Waals surface area contributed by atoms with E-state index in [-0.39, 0.29) is 22.9 Å². The summed E-state index contributed by atoms with van der Waals surface area (Å²) in [6.07, 6.45) is 3.20. The van der Waals surface area contributed by atoms with Crippen molar-refractivity contribution in [3.05, 3.63) is 99.6 Å². The standard InChI is InChI=1S/C32H31FN4O5/c1-42-24-4-2-3-22(15-24)34-31(39)21-7-5-20(6-8-21)18-35-11-13-36(14-12-35)29-17-28-25(16-27(29)33)30(38)26(32(40)41)19-37(28)23-9-10-23/h2-8,15-17,19,23H,9-14,18H2,1H3,(H,34,39)(H,40,41). The maximum absolute atomic E-state index is 15.3. The second kappa shape index (κ2) is 11.3. The van der Waals surface area contributed by atoms with Crippen LogP contribution in [0.3, 0.4) is 0 Å². The molecule has 1 amide bonds. The highest BCUT2D eigenvalue weighted by molar-refractivity contribution is 6.04. The molecule has 3 aromatic carbocycles. The third kappa shape index (κ3) is 5.58. The molecule has 1 saturated carbocycles. The summed E-state index contributed by atoms with van der Waals surface area (Å²) in [4.78, 5) is 41.3. The van der Waals surface area contributed by atoms with E-state index in [0.29, 0.717) is 60.9 Å². The van der Waals surface area contributed by atoms with Gasteiger partial charge in [-0.25, -0.2) is 9.18 Å². The highest BCUT2D eigenvalue weighted by atomic mass is 19.1. The SMILES string of the molecule is COc1cccc(NC(=O)c2ccc(CN3CCN(c4cc5c(cc4F)c(=O)c(C(=O)O)cn5C4CC4)CC3)cc2)c1. The number of fused-ring (bicyclic) bond motifs is 1. The van der Waals surface area contributed by atoms with Crippen molar-refractivity contribution in [1.29, 1.82) is 0 Å². The van der Waals surface area contributed by atoms with Gasteiger partial charge in [-0.15, -0.1) is 0 Å². The first-order chi connectivity index (χ1) is 20.3. The molecule has 2 N–H and O–H groups in total. The molecular weight excluding hydrogens is 539 g/mol. The van der Waals surface area contributed by atoms with Gasteiger partial charge in [-0.3, -0.25) is 14.5 Å². The van der Waals surface area contributed by atoms with E-state index in [1.165, 1.54) is 12.3 Å². The number of carboxylic acid groups (broad SMARTS) is 1. The lowest BCUT2D eigenvalue weighted by molar-refractivity contribution is 0.0694. The zero-order chi connectivity index (χ0) is 29.4. The maximum atomic E-state index is 15.3. The lowest BCUT2D eigenvalue weighted by atomic mass is 10.1. The fourth-order valence-electron chi connectivity index (χ4n) is 5.48. The number of hydrogen-bond acceptors (Lipinski definition) is 6. The van der Waals surface area contributed by atoms with Gasteiger partial charge in [-0.05, 0) is 54.8 Å². The number of carboxylic acids is 1. The van der Waals surface area contributed by atoms with E-state index < -0.39 is 17.2 Å². The summed E-state index contributed by atoms with van der Waals surface area (Å²) in [6, 6.07) is 17.7. The number of methoxy groups -OCH3 is 1. The number of piperazine rings is 1. The molecule has 0 unspecified atom stereocenters. The first-order valence-electron chi connectivity index (χ1n) is 13.9. The molecular formula is C32H31FN4O5. The summed E-state index contributed by atoms with van der Waals surface area (Å²) < 4.78 is 22.3. The van der Waals surface area contributed by atoms with Gasteiger partial charge >= 0.3 is 5.97 Å². The molecule has 6 rings (SSSR count). The van der Waals surface area contributed by atoms with E-state index >= 15 is 4.39 Å². The molecule has 9 nitrogen and oxygen atoms in total. The van der Waals surface area contributed by atoms with E-state index in [1.54, 1.807) is 37.4 Å². The van der Waals surface area contributed by atoms with Crippen LogP contribution in [0, 0.1) is 5.82 Å². The van der Waals surface area contributed by atoms with Crippen LogP contribution in [-0.4, -0.2) is 59.7 Å². The van der Waals surface area contributed by atoms with Crippen LogP contribution in [0.1, 0.15) is 45.2 Å². The Hall–Kier alpha value is -4.70. The van der Waals surface area contributed by atoms with Crippen LogP contribution in [-0.2, 0) is 6.54 Å². The number of ether oxygens (including phenoxy) is 1. The second-order valence-corrected chi connectivity index (χ2v) is 10.8. The van der Waals surface area contributed by atoms with Gasteiger partial charge < -0.3 is 24.6 Å². The molecule has 1 aliphatic heterocycles. The van der Waals surface area contributed by atoms with Gasteiger partial charge in [0, 0.05) is 67.7 Å². The Morgan fingerprint density at radius 2 is 1.76 bits per heavy atom. The number of hydrogen-bond donors (Lipinski definition) is 2. The van der Waals surface area contributed by atoms with Crippen molar-refractivity contribution in [2.75, 3.05) is 43.5 Å². The minimum atomic E-state index is -1.30. The second-order valence-electron chi connectivity index (χ2n) is 10.8. The number of amides is 1. The van der Waals surface area contributed by atoms with Gasteiger partial charge in [0.05, 0.1) is 18.3 Å². The minimum Gasteiger partial charge on any atom is -0.497 e. The third-order valence-electron chi connectivity index (χ3n) is 7.93. The van der Waals surface area contributed by atoms with Crippen molar-refractivity contribution in [2.45, 2.75) is 25.4 Å². The highest BCUT2D eigenvalue weighted by Gasteiger charge is 2.28. The molecule has 0 radical (unpaired) electrons. The summed E-state index contributed by atoms with van der Waals surface area (Å²) in [5.41, 5.74) is 2.28. The van der Waals surface area contributed by atoms with E-state index in [4.69, 9.17) is 4.74 Å². The first-order valence-corrected chi connectivity index (χ1v) is 13.9. The Morgan fingerprint density at radius 1 is 1.02 bits per heavy atom. The number of benzene rings is 3. The van der Waals surface area contributed by atoms with Crippen molar-refractivity contribution in [3.63, 3.8) is 0 Å². The number of anilines is 2. The lowest BCUT2D eigenvalue weighted by Gasteiger charge is -2.36. The van der Waals surface area contributed by atoms with E-state index in [0.717, 1.165) is 18.4 Å². The van der Waals surface area contributed by atoms with Gasteiger partial charge in [-0.2, -0.15) is 0 Å². The van der Waals surface area contributed by atoms with Crippen LogP contribution in [0.15, 0.2) is 71.7 Å². The molecule has 216 valence electrons. The molecule has 0 atom stereocenters. The van der Waals surface area contributed by atoms with Gasteiger partial charge in [0.1, 0.15) is 17.1 Å². The number of nitrogens with one attached hydrogen (secondary N) is 1. The lowest BCUT2D eigenvalue weighted by Crippen LogP contribution is -2.46. The summed E-state index contributed by atoms with van der Waals surface area (Å²) in [5, 5.41) is 12.5. The first kappa shape index (κ1) is 27.5. The number of aromatic nitrogens is 1. The zero-order valence-electron chi connectivity index (χ0n) is 23.2. The molecule has 1 aliphatic carbocycles. The van der Waals surface area contributed by atoms with Crippen molar-refractivity contribution in [1.82, 2.24) is 9.47 Å². The van der Waals surface area contributed by atoms with E-state index in [2.05, 4.69) is 10.2 Å². The van der Waals surface area contributed by atoms with E-state index in [1.807, 2.05) is 33.7 Å². The molecule has 42 heavy (non-hydrogen) atoms. The van der Waals surface area contributed by atoms with Crippen molar-refractivity contribution < 1.29 is 23.8 Å². The molecule has 1 aromatic heterocycles. The van der Waals surface area contributed by atoms with E-state index in [9.17, 15) is 19.5 Å². The molecule has 2 heterocycles. The Balaban J connectivity index is 1.11. The van der Waals surface area contributed by atoms with Gasteiger partial charge in [0.25, 0.3) is 5.91 Å². The van der Waals surface area contributed by atoms with Crippen molar-refractivity contribution >= 4 is 34.2 Å². The van der Waals surface area contributed by atoms with Crippen LogP contribution < -0.4 is 20.4 Å². The van der Waals surface area contributed by atoms with Crippen LogP contribution in [0.2, 0.25) is 0 Å². The molecule has 1 saturated heterocycles. The predicted molar refractivity (Wildman–Crippen MR) is 158 cm³/mol. The summed E-state index contributed by atoms with van der Waals surface area (Å²) in [6.45, 7) is 3.32. The summed E-state index contributed by atoms with van der Waals surface area (Å²) in [7, 11) is 1.58. The zero-order valence-corrected chi connectivity index (χ0v) is 23.2. The highest BCUT2D eigenvalue weighted by Crippen LogP contribution is 2.38. The van der Waals surface area contributed by atoms with Gasteiger partial charge in [-0.1, -0.05) is 18.2 Å². The van der Waals surface area contributed by atoms with Crippen molar-refractivity contribution in [3.8, 4) is 5.75 Å². The summed E-state index contributed by atoms with van der Waals surface area (Å²) >= 11 is 0. The average Bonchev–Trinajstić information content (AvgIpc) is 3.84. The largest absolute Gasteiger partial charge is 0.497 e. The molecule has 2 aliphatic rings. The van der Waals surface area contributed by atoms with Gasteiger partial charge in [0.2, 0.25) is 5.43 Å². The molecule has 2 fully saturated rings. The Kier molecular flexibility index (Phi) is 7.38. The maximum Gasteiger partial charge on any atom is 0.341 e. The fourth-order valence-corrected chi connectivity index (χ4v) is 5.48. The normalized spacial score (nSPS) is 15.5. The number of halogens is 1. The van der Waals surface area contributed by atoms with Crippen molar-refractivity contribution in [2.24, 2.45) is 0 Å². The number of aromatic carboxylic acids is 1. The Morgan fingerprint density at radius 3 is 2.43 bits per heavy atom. The summed E-state index contributed by atoms with van der Waals surface area (Å²) in [5.74, 6) is -1.37. The Bertz CT molecular complexity index is 1720. The number of pyridine rings is 1. The number of nitrogens with zero attached hydrogens (tertiary/aromatic N) is 3. The minimum absolute atomic E-state index is 0.0994. The quantitative estimate of drug-likeness (QED) is 0.315. The molecule has 10 heteroatoms. The number of carbonyl (C=O) groups is 2. The van der Waals surface area contributed by atoms with Crippen LogP contribution in [0.25, 0.3) is 10.9 Å². The predicted octanol–water partition coefficient (Wildman–Crippen LogP) is 4.76. The molecule has 0 bridgehead atoms. The van der Waals surface area contributed by atoms with Crippen LogP contribution in [0.5, 0.6) is 5.75 Å². The monoisotopic (exact) mass is 570 g/mol. The smallest absolute Gasteiger partial charge is 0.341 e. The number of rotatable bonds is 8. The van der Waals surface area contributed by atoms with Crippen LogP contribution >= 0.6 is 0 Å². The topological polar surface area (TPSA) is 104 Å². The average molecular weight is 571 g/mol. The molecule has 0 spiro atoms. The number of carbonyl (C=O) groups excluding carboxylic acids is 1. The van der Waals surface area contributed by atoms with Crippen LogP contribution in [0.4, 0.5) is 15.8 Å². The third-order valence-corrected chi connectivity index (χ3v) is 7.93.